The van der Waals surface area contributed by atoms with Crippen molar-refractivity contribution < 1.29 is 18.3 Å². The lowest BCUT2D eigenvalue weighted by Crippen LogP contribution is -2.44. The second-order valence-corrected chi connectivity index (χ2v) is 7.77. The molecule has 0 radical (unpaired) electrons. The van der Waals surface area contributed by atoms with Crippen LogP contribution in [-0.2, 0) is 16.6 Å². The summed E-state index contributed by atoms with van der Waals surface area (Å²) in [4.78, 5) is 16.7. The summed E-state index contributed by atoms with van der Waals surface area (Å²) < 4.78 is 24.4. The topological polar surface area (TPSA) is 90.8 Å². The molecule has 0 aliphatic rings. The van der Waals surface area contributed by atoms with Crippen molar-refractivity contribution >= 4 is 21.9 Å². The van der Waals surface area contributed by atoms with E-state index in [4.69, 9.17) is 0 Å². The molecule has 1 amide bonds. The normalized spacial score (nSPS) is 12.0. The van der Waals surface area contributed by atoms with Crippen molar-refractivity contribution in [3.8, 4) is 0 Å². The Balaban J connectivity index is 3.24. The largest absolute Gasteiger partial charge is 0.465 e. The van der Waals surface area contributed by atoms with Gasteiger partial charge < -0.3 is 5.11 Å². The first-order valence-corrected chi connectivity index (χ1v) is 8.18. The first kappa shape index (κ1) is 17.2. The Bertz CT molecular complexity index is 623. The molecule has 0 atom stereocenters. The average Bonchev–Trinajstić information content (AvgIpc) is 2.32. The monoisotopic (exact) mass is 315 g/mol. The highest BCUT2D eigenvalue weighted by Crippen LogP contribution is 2.23. The molecule has 0 aromatic carbocycles. The maximum atomic E-state index is 11.7. The summed E-state index contributed by atoms with van der Waals surface area (Å²) in [5.41, 5.74) is -0.0782. The average molecular weight is 315 g/mol. The molecule has 1 aromatic rings. The van der Waals surface area contributed by atoms with Crippen molar-refractivity contribution in [2.75, 3.05) is 17.6 Å². The summed E-state index contributed by atoms with van der Waals surface area (Å²) in [5, 5.41) is 9.33. The lowest BCUT2D eigenvalue weighted by atomic mass is 10.1. The van der Waals surface area contributed by atoms with Crippen LogP contribution < -0.4 is 4.31 Å². The fourth-order valence-corrected chi connectivity index (χ4v) is 2.23. The minimum Gasteiger partial charge on any atom is -0.465 e. The van der Waals surface area contributed by atoms with E-state index in [0.29, 0.717) is 5.56 Å². The third kappa shape index (κ3) is 4.32. The Hall–Kier alpha value is -1.83. The molecule has 0 aliphatic carbocycles. The zero-order valence-corrected chi connectivity index (χ0v) is 13.7. The van der Waals surface area contributed by atoms with Crippen molar-refractivity contribution in [1.82, 2.24) is 9.88 Å². The van der Waals surface area contributed by atoms with E-state index in [0.717, 1.165) is 10.6 Å². The lowest BCUT2D eigenvalue weighted by molar-refractivity contribution is 0.0956. The second kappa shape index (κ2) is 5.88. The fourth-order valence-electron chi connectivity index (χ4n) is 1.76. The highest BCUT2D eigenvalue weighted by Gasteiger charge is 2.28. The van der Waals surface area contributed by atoms with Crippen molar-refractivity contribution in [1.29, 1.82) is 0 Å². The lowest BCUT2D eigenvalue weighted by Gasteiger charge is -2.34. The van der Waals surface area contributed by atoms with E-state index in [2.05, 4.69) is 4.98 Å². The standard InChI is InChI=1S/C13H21N3O4S/c1-13(2,3)16(12(17)18)9-10-7-6-8-14-11(10)15(4)21(5,19)20/h6-8H,9H2,1-5H3,(H,17,18). The van der Waals surface area contributed by atoms with Gasteiger partial charge in [-0.2, -0.15) is 0 Å². The van der Waals surface area contributed by atoms with Crippen LogP contribution in [0.2, 0.25) is 0 Å². The third-order valence-corrected chi connectivity index (χ3v) is 4.20. The highest BCUT2D eigenvalue weighted by atomic mass is 32.2. The predicted octanol–water partition coefficient (Wildman–Crippen LogP) is 1.76. The Morgan fingerprint density at radius 3 is 2.38 bits per heavy atom. The molecule has 1 heterocycles. The number of pyridine rings is 1. The zero-order chi connectivity index (χ0) is 16.4. The molecule has 1 rings (SSSR count). The first-order chi connectivity index (χ1) is 9.44. The maximum Gasteiger partial charge on any atom is 0.408 e. The summed E-state index contributed by atoms with van der Waals surface area (Å²) in [6, 6.07) is 3.32. The van der Waals surface area contributed by atoms with E-state index in [1.165, 1.54) is 18.1 Å². The maximum absolute atomic E-state index is 11.7. The minimum atomic E-state index is -3.47. The Labute approximate surface area is 125 Å². The SMILES string of the molecule is CN(c1ncccc1CN(C(=O)O)C(C)(C)C)S(C)(=O)=O. The molecule has 7 nitrogen and oxygen atoms in total. The van der Waals surface area contributed by atoms with Gasteiger partial charge in [-0.1, -0.05) is 6.07 Å². The molecule has 0 fully saturated rings. The van der Waals surface area contributed by atoms with Crippen molar-refractivity contribution in [3.63, 3.8) is 0 Å². The van der Waals surface area contributed by atoms with Crippen LogP contribution in [-0.4, -0.2) is 48.3 Å². The molecule has 0 saturated heterocycles. The van der Waals surface area contributed by atoms with Crippen LogP contribution in [0.15, 0.2) is 18.3 Å². The van der Waals surface area contributed by atoms with Crippen molar-refractivity contribution in [3.05, 3.63) is 23.9 Å². The number of amides is 1. The van der Waals surface area contributed by atoms with Crippen LogP contribution in [0.4, 0.5) is 10.6 Å². The first-order valence-electron chi connectivity index (χ1n) is 6.33. The quantitative estimate of drug-likeness (QED) is 0.914. The predicted molar refractivity (Wildman–Crippen MR) is 80.8 cm³/mol. The van der Waals surface area contributed by atoms with Crippen LogP contribution in [0, 0.1) is 0 Å². The van der Waals surface area contributed by atoms with Crippen molar-refractivity contribution in [2.24, 2.45) is 0 Å². The Kier molecular flexibility index (Phi) is 4.83. The molecular weight excluding hydrogens is 294 g/mol. The molecular formula is C13H21N3O4S. The molecule has 0 bridgehead atoms. The molecule has 1 aromatic heterocycles. The van der Waals surface area contributed by atoms with Gasteiger partial charge in [0.05, 0.1) is 12.8 Å². The molecule has 118 valence electrons. The van der Waals surface area contributed by atoms with Gasteiger partial charge in [-0.3, -0.25) is 9.21 Å². The summed E-state index contributed by atoms with van der Waals surface area (Å²) in [5.74, 6) is 0.232. The van der Waals surface area contributed by atoms with Gasteiger partial charge in [-0.25, -0.2) is 18.2 Å². The van der Waals surface area contributed by atoms with Gasteiger partial charge in [0.1, 0.15) is 5.82 Å². The van der Waals surface area contributed by atoms with E-state index in [9.17, 15) is 18.3 Å². The number of carbonyl (C=O) groups is 1. The summed E-state index contributed by atoms with van der Waals surface area (Å²) in [7, 11) is -2.07. The van der Waals surface area contributed by atoms with Gasteiger partial charge in [0.15, 0.2) is 0 Å². The molecule has 21 heavy (non-hydrogen) atoms. The van der Waals surface area contributed by atoms with Crippen LogP contribution in [0.5, 0.6) is 0 Å². The number of hydrogen-bond donors (Lipinski definition) is 1. The van der Waals surface area contributed by atoms with Gasteiger partial charge in [-0.05, 0) is 26.8 Å². The second-order valence-electron chi connectivity index (χ2n) is 5.76. The van der Waals surface area contributed by atoms with Gasteiger partial charge in [0.2, 0.25) is 10.0 Å². The van der Waals surface area contributed by atoms with Crippen LogP contribution >= 0.6 is 0 Å². The van der Waals surface area contributed by atoms with E-state index in [1.807, 2.05) is 0 Å². The molecule has 1 N–H and O–H groups in total. The number of sulfonamides is 1. The number of aromatic nitrogens is 1. The molecule has 0 unspecified atom stereocenters. The minimum absolute atomic E-state index is 0.0574. The number of hydrogen-bond acceptors (Lipinski definition) is 4. The molecule has 0 saturated carbocycles. The zero-order valence-electron chi connectivity index (χ0n) is 12.9. The van der Waals surface area contributed by atoms with Crippen LogP contribution in [0.1, 0.15) is 26.3 Å². The third-order valence-electron chi connectivity index (χ3n) is 3.03. The molecule has 8 heteroatoms. The smallest absolute Gasteiger partial charge is 0.408 e. The van der Waals surface area contributed by atoms with E-state index < -0.39 is 21.7 Å². The van der Waals surface area contributed by atoms with Crippen molar-refractivity contribution in [2.45, 2.75) is 32.9 Å². The molecule has 0 spiro atoms. The van der Waals surface area contributed by atoms with Gasteiger partial charge in [0.25, 0.3) is 0 Å². The number of carboxylic acid groups (broad SMARTS) is 1. The summed E-state index contributed by atoms with van der Waals surface area (Å²) in [6.07, 6.45) is 1.48. The highest BCUT2D eigenvalue weighted by molar-refractivity contribution is 7.92. The number of rotatable bonds is 4. The number of nitrogens with zero attached hydrogens (tertiary/aromatic N) is 3. The van der Waals surface area contributed by atoms with Gasteiger partial charge >= 0.3 is 6.09 Å². The summed E-state index contributed by atoms with van der Waals surface area (Å²) in [6.45, 7) is 5.38. The Morgan fingerprint density at radius 2 is 1.95 bits per heavy atom. The van der Waals surface area contributed by atoms with Gasteiger partial charge in [0, 0.05) is 24.3 Å². The summed E-state index contributed by atoms with van der Waals surface area (Å²) >= 11 is 0. The number of anilines is 1. The van der Waals surface area contributed by atoms with Gasteiger partial charge in [-0.15, -0.1) is 0 Å². The van der Waals surface area contributed by atoms with E-state index in [-0.39, 0.29) is 12.4 Å². The fraction of sp³-hybridized carbons (Fsp3) is 0.538. The Morgan fingerprint density at radius 1 is 1.38 bits per heavy atom. The van der Waals surface area contributed by atoms with E-state index in [1.54, 1.807) is 32.9 Å². The van der Waals surface area contributed by atoms with Crippen LogP contribution in [0.25, 0.3) is 0 Å². The molecule has 0 aliphatic heterocycles. The van der Waals surface area contributed by atoms with Crippen LogP contribution in [0.3, 0.4) is 0 Å². The van der Waals surface area contributed by atoms with E-state index >= 15 is 0 Å².